The molecule has 26 heavy (non-hydrogen) atoms. The predicted octanol–water partition coefficient (Wildman–Crippen LogP) is 5.88. The number of hydrogen-bond acceptors (Lipinski definition) is 3. The van der Waals surface area contributed by atoms with Crippen LogP contribution in [-0.4, -0.2) is 16.0 Å². The van der Waals surface area contributed by atoms with Crippen LogP contribution in [-0.2, 0) is 6.18 Å². The minimum absolute atomic E-state index is 0.0278. The van der Waals surface area contributed by atoms with Crippen molar-refractivity contribution in [2.75, 3.05) is 0 Å². The van der Waals surface area contributed by atoms with Crippen molar-refractivity contribution in [3.05, 3.63) is 64.2 Å². The third-order valence-corrected chi connectivity index (χ3v) is 4.27. The van der Waals surface area contributed by atoms with Crippen molar-refractivity contribution in [2.24, 2.45) is 5.16 Å². The first-order valence-electron chi connectivity index (χ1n) is 8.33. The lowest BCUT2D eigenvalue weighted by atomic mass is 9.89. The summed E-state index contributed by atoms with van der Waals surface area (Å²) in [7, 11) is 0. The molecule has 0 fully saturated rings. The lowest BCUT2D eigenvalue weighted by Crippen LogP contribution is -2.09. The number of halogens is 3. The van der Waals surface area contributed by atoms with Crippen LogP contribution in [0.2, 0.25) is 0 Å². The number of nitrogens with zero attached hydrogens (tertiary/aromatic N) is 1. The third-order valence-electron chi connectivity index (χ3n) is 4.27. The Hall–Kier alpha value is -2.50. The fraction of sp³-hybridized carbons (Fsp3) is 0.350. The molecule has 3 nitrogen and oxygen atoms in total. The van der Waals surface area contributed by atoms with Gasteiger partial charge in [0.15, 0.2) is 0 Å². The van der Waals surface area contributed by atoms with E-state index in [4.69, 9.17) is 0 Å². The molecule has 2 aromatic rings. The average molecular weight is 365 g/mol. The Morgan fingerprint density at radius 1 is 0.885 bits per heavy atom. The van der Waals surface area contributed by atoms with Gasteiger partial charge >= 0.3 is 6.18 Å². The smallest absolute Gasteiger partial charge is 0.416 e. The van der Waals surface area contributed by atoms with Crippen molar-refractivity contribution in [2.45, 2.75) is 45.7 Å². The number of benzene rings is 2. The number of phenolic OH excluding ortho intramolecular Hbond substituents is 1. The predicted molar refractivity (Wildman–Crippen MR) is 95.2 cm³/mol. The standard InChI is InChI=1S/C20H22F3NO2/c1-11(2)16-9-14(10-17(12(3)4)19(16)25)18(24-26)13-5-7-15(8-6-13)20(21,22)23/h5-12,25-26H,1-4H3/b24-18+. The SMILES string of the molecule is CC(C)c1cc(/C(=N/O)c2ccc(C(F)(F)F)cc2)cc(C(C)C)c1O. The van der Waals surface area contributed by atoms with Gasteiger partial charge in [-0.3, -0.25) is 0 Å². The third kappa shape index (κ3) is 4.00. The monoisotopic (exact) mass is 365 g/mol. The average Bonchev–Trinajstić information content (AvgIpc) is 2.55. The van der Waals surface area contributed by atoms with E-state index in [0.717, 1.165) is 12.1 Å². The molecule has 0 aliphatic rings. The molecule has 2 aromatic carbocycles. The molecule has 0 saturated heterocycles. The van der Waals surface area contributed by atoms with Crippen molar-refractivity contribution >= 4 is 5.71 Å². The largest absolute Gasteiger partial charge is 0.507 e. The fourth-order valence-corrected chi connectivity index (χ4v) is 2.80. The first-order valence-corrected chi connectivity index (χ1v) is 8.33. The van der Waals surface area contributed by atoms with Gasteiger partial charge in [0.05, 0.1) is 5.56 Å². The summed E-state index contributed by atoms with van der Waals surface area (Å²) in [4.78, 5) is 0. The summed E-state index contributed by atoms with van der Waals surface area (Å²) in [5.41, 5.74) is 1.67. The van der Waals surface area contributed by atoms with Gasteiger partial charge in [-0.05, 0) is 47.2 Å². The van der Waals surface area contributed by atoms with Crippen LogP contribution >= 0.6 is 0 Å². The summed E-state index contributed by atoms with van der Waals surface area (Å²) in [5, 5.41) is 23.3. The molecule has 0 amide bonds. The van der Waals surface area contributed by atoms with Crippen LogP contribution in [0, 0.1) is 0 Å². The lowest BCUT2D eigenvalue weighted by molar-refractivity contribution is -0.137. The molecular weight excluding hydrogens is 343 g/mol. The molecule has 0 radical (unpaired) electrons. The topological polar surface area (TPSA) is 52.8 Å². The zero-order chi connectivity index (χ0) is 19.6. The molecule has 0 heterocycles. The lowest BCUT2D eigenvalue weighted by Gasteiger charge is -2.18. The Bertz CT molecular complexity index is 778. The highest BCUT2D eigenvalue weighted by molar-refractivity contribution is 6.13. The summed E-state index contributed by atoms with van der Waals surface area (Å²) >= 11 is 0. The molecule has 0 unspecified atom stereocenters. The van der Waals surface area contributed by atoms with Crippen molar-refractivity contribution in [3.63, 3.8) is 0 Å². The zero-order valence-electron chi connectivity index (χ0n) is 15.1. The van der Waals surface area contributed by atoms with E-state index in [1.165, 1.54) is 12.1 Å². The van der Waals surface area contributed by atoms with E-state index in [9.17, 15) is 23.5 Å². The second kappa shape index (κ2) is 7.40. The summed E-state index contributed by atoms with van der Waals surface area (Å²) < 4.78 is 38.2. The van der Waals surface area contributed by atoms with Gasteiger partial charge in [-0.25, -0.2) is 0 Å². The molecule has 6 heteroatoms. The molecule has 0 aliphatic heterocycles. The molecule has 0 atom stereocenters. The van der Waals surface area contributed by atoms with E-state index in [1.54, 1.807) is 12.1 Å². The van der Waals surface area contributed by atoms with Crippen LogP contribution in [0.25, 0.3) is 0 Å². The van der Waals surface area contributed by atoms with Crippen molar-refractivity contribution < 1.29 is 23.5 Å². The highest BCUT2D eigenvalue weighted by atomic mass is 19.4. The second-order valence-electron chi connectivity index (χ2n) is 6.84. The number of oxime groups is 1. The Kier molecular flexibility index (Phi) is 5.64. The van der Waals surface area contributed by atoms with Gasteiger partial charge in [-0.15, -0.1) is 0 Å². The van der Waals surface area contributed by atoms with Gasteiger partial charge in [-0.2, -0.15) is 13.2 Å². The molecule has 0 aromatic heterocycles. The highest BCUT2D eigenvalue weighted by Gasteiger charge is 2.30. The molecule has 0 saturated carbocycles. The van der Waals surface area contributed by atoms with E-state index in [-0.39, 0.29) is 23.3 Å². The zero-order valence-corrected chi connectivity index (χ0v) is 15.1. The first kappa shape index (κ1) is 19.8. The number of rotatable bonds is 4. The van der Waals surface area contributed by atoms with Gasteiger partial charge in [0.2, 0.25) is 0 Å². The van der Waals surface area contributed by atoms with E-state index in [0.29, 0.717) is 22.3 Å². The minimum Gasteiger partial charge on any atom is -0.507 e. The maximum Gasteiger partial charge on any atom is 0.416 e. The number of hydrogen-bond donors (Lipinski definition) is 2. The first-order chi connectivity index (χ1) is 12.1. The summed E-state index contributed by atoms with van der Waals surface area (Å²) in [6, 6.07) is 7.86. The van der Waals surface area contributed by atoms with Gasteiger partial charge in [-0.1, -0.05) is 45.0 Å². The van der Waals surface area contributed by atoms with Gasteiger partial charge in [0.25, 0.3) is 0 Å². The van der Waals surface area contributed by atoms with Crippen LogP contribution in [0.15, 0.2) is 41.6 Å². The number of phenols is 1. The molecule has 140 valence electrons. The van der Waals surface area contributed by atoms with Crippen LogP contribution in [0.4, 0.5) is 13.2 Å². The minimum atomic E-state index is -4.43. The molecular formula is C20H22F3NO2. The molecule has 2 N–H and O–H groups in total. The molecule has 0 aliphatic carbocycles. The Morgan fingerprint density at radius 2 is 1.35 bits per heavy atom. The number of aromatic hydroxyl groups is 1. The maximum atomic E-state index is 12.7. The van der Waals surface area contributed by atoms with Gasteiger partial charge in [0.1, 0.15) is 11.5 Å². The Balaban J connectivity index is 2.57. The van der Waals surface area contributed by atoms with E-state index < -0.39 is 11.7 Å². The van der Waals surface area contributed by atoms with Crippen LogP contribution in [0.5, 0.6) is 5.75 Å². The highest BCUT2D eigenvalue weighted by Crippen LogP contribution is 2.36. The molecule has 2 rings (SSSR count). The number of alkyl halides is 3. The van der Waals surface area contributed by atoms with Gasteiger partial charge < -0.3 is 10.3 Å². The normalized spacial score (nSPS) is 12.9. The van der Waals surface area contributed by atoms with Crippen LogP contribution < -0.4 is 0 Å². The summed E-state index contributed by atoms with van der Waals surface area (Å²) in [6.45, 7) is 7.71. The van der Waals surface area contributed by atoms with Crippen LogP contribution in [0.1, 0.15) is 67.3 Å². The molecule has 0 spiro atoms. The van der Waals surface area contributed by atoms with Crippen LogP contribution in [0.3, 0.4) is 0 Å². The summed E-state index contributed by atoms with van der Waals surface area (Å²) in [5.74, 6) is 0.253. The Morgan fingerprint density at radius 3 is 1.69 bits per heavy atom. The maximum absolute atomic E-state index is 12.7. The van der Waals surface area contributed by atoms with E-state index in [2.05, 4.69) is 5.16 Å². The van der Waals surface area contributed by atoms with E-state index >= 15 is 0 Å². The molecule has 0 bridgehead atoms. The fourth-order valence-electron chi connectivity index (χ4n) is 2.80. The summed E-state index contributed by atoms with van der Waals surface area (Å²) in [6.07, 6.45) is -4.43. The quantitative estimate of drug-likeness (QED) is 0.404. The van der Waals surface area contributed by atoms with Crippen molar-refractivity contribution in [1.29, 1.82) is 0 Å². The van der Waals surface area contributed by atoms with Gasteiger partial charge in [0, 0.05) is 11.1 Å². The van der Waals surface area contributed by atoms with E-state index in [1.807, 2.05) is 27.7 Å². The van der Waals surface area contributed by atoms with Crippen molar-refractivity contribution in [1.82, 2.24) is 0 Å². The second-order valence-corrected chi connectivity index (χ2v) is 6.84. The van der Waals surface area contributed by atoms with Crippen molar-refractivity contribution in [3.8, 4) is 5.75 Å². The Labute approximate surface area is 150 Å².